The molecule has 0 spiro atoms. The molecule has 2 aromatic rings. The molecule has 0 amide bonds. The van der Waals surface area contributed by atoms with Gasteiger partial charge in [-0.25, -0.2) is 0 Å². The molecule has 0 aliphatic carbocycles. The second-order valence-electron chi connectivity index (χ2n) is 11.2. The molecule has 0 bridgehead atoms. The van der Waals surface area contributed by atoms with Crippen molar-refractivity contribution in [2.75, 3.05) is 27.1 Å². The van der Waals surface area contributed by atoms with Crippen LogP contribution in [-0.2, 0) is 25.1 Å². The van der Waals surface area contributed by atoms with Crippen molar-refractivity contribution in [3.63, 3.8) is 0 Å². The van der Waals surface area contributed by atoms with E-state index in [4.69, 9.17) is 27.6 Å². The van der Waals surface area contributed by atoms with Gasteiger partial charge >= 0.3 is 0 Å². The zero-order valence-corrected chi connectivity index (χ0v) is 25.8. The Labute approximate surface area is 228 Å². The molecule has 1 aliphatic heterocycles. The molecule has 8 nitrogen and oxygen atoms in total. The van der Waals surface area contributed by atoms with Crippen molar-refractivity contribution in [1.29, 1.82) is 0 Å². The fraction of sp³-hybridized carbons (Fsp3) is 0.571. The number of hydrogen-bond donors (Lipinski definition) is 0. The molecule has 2 atom stereocenters. The normalized spacial score (nSPS) is 15.8. The Morgan fingerprint density at radius 1 is 1.00 bits per heavy atom. The molecule has 2 aromatic carbocycles. The van der Waals surface area contributed by atoms with E-state index in [-0.39, 0.29) is 11.6 Å². The van der Waals surface area contributed by atoms with Crippen molar-refractivity contribution in [3.05, 3.63) is 47.5 Å². The van der Waals surface area contributed by atoms with Gasteiger partial charge in [0.1, 0.15) is 11.5 Å². The first-order chi connectivity index (χ1) is 17.7. The summed E-state index contributed by atoms with van der Waals surface area (Å²) in [5, 5.41) is -0.0956. The van der Waals surface area contributed by atoms with Gasteiger partial charge in [0.2, 0.25) is 6.29 Å². The zero-order chi connectivity index (χ0) is 28.3. The lowest BCUT2D eigenvalue weighted by atomic mass is 9.91. The third kappa shape index (κ3) is 7.22. The van der Waals surface area contributed by atoms with E-state index in [2.05, 4.69) is 33.9 Å². The van der Waals surface area contributed by atoms with Gasteiger partial charge in [0.15, 0.2) is 19.8 Å². The summed E-state index contributed by atoms with van der Waals surface area (Å²) in [6.07, 6.45) is 0.952. The summed E-state index contributed by atoms with van der Waals surface area (Å²) in [6.45, 7) is 12.8. The molecule has 212 valence electrons. The first kappa shape index (κ1) is 30.3. The van der Waals surface area contributed by atoms with Crippen LogP contribution in [0.5, 0.6) is 23.0 Å². The molecule has 0 saturated heterocycles. The second kappa shape index (κ2) is 11.9. The van der Waals surface area contributed by atoms with Crippen LogP contribution in [0.2, 0.25) is 18.1 Å². The molecule has 0 saturated carbocycles. The maximum absolute atomic E-state index is 12.1. The highest BCUT2D eigenvalue weighted by Gasteiger charge is 2.43. The maximum Gasteiger partial charge on any atom is 0.264 e. The highest BCUT2D eigenvalue weighted by molar-refractivity contribution is 7.85. The molecule has 38 heavy (non-hydrogen) atoms. The van der Waals surface area contributed by atoms with Gasteiger partial charge in [0, 0.05) is 17.9 Å². The van der Waals surface area contributed by atoms with Gasteiger partial charge in [-0.2, -0.15) is 8.42 Å². The summed E-state index contributed by atoms with van der Waals surface area (Å²) >= 11 is 0. The first-order valence-electron chi connectivity index (χ1n) is 12.9. The van der Waals surface area contributed by atoms with Crippen LogP contribution in [0.1, 0.15) is 51.3 Å². The molecule has 2 unspecified atom stereocenters. The smallest absolute Gasteiger partial charge is 0.264 e. The van der Waals surface area contributed by atoms with Gasteiger partial charge in [-0.1, -0.05) is 39.8 Å². The van der Waals surface area contributed by atoms with Crippen LogP contribution in [0.3, 0.4) is 0 Å². The number of para-hydroxylation sites is 2. The van der Waals surface area contributed by atoms with E-state index in [9.17, 15) is 8.42 Å². The van der Waals surface area contributed by atoms with Gasteiger partial charge < -0.3 is 23.4 Å². The lowest BCUT2D eigenvalue weighted by molar-refractivity contribution is -0.0108. The third-order valence-electron chi connectivity index (χ3n) is 7.33. The Morgan fingerprint density at radius 2 is 1.53 bits per heavy atom. The Bertz CT molecular complexity index is 1160. The topological polar surface area (TPSA) is 89.5 Å². The lowest BCUT2D eigenvalue weighted by Crippen LogP contribution is -2.44. The molecule has 0 fully saturated rings. The zero-order valence-electron chi connectivity index (χ0n) is 24.0. The molecule has 1 heterocycles. The predicted molar refractivity (Wildman–Crippen MR) is 150 cm³/mol. The van der Waals surface area contributed by atoms with Crippen LogP contribution in [0.15, 0.2) is 36.4 Å². The summed E-state index contributed by atoms with van der Waals surface area (Å²) in [7, 11) is -2.80. The number of methoxy groups -OCH3 is 2. The Morgan fingerprint density at radius 3 is 1.95 bits per heavy atom. The highest BCUT2D eigenvalue weighted by atomic mass is 32.2. The van der Waals surface area contributed by atoms with Gasteiger partial charge in [-0.15, -0.1) is 0 Å². The fourth-order valence-electron chi connectivity index (χ4n) is 4.23. The van der Waals surface area contributed by atoms with Crippen molar-refractivity contribution in [2.45, 2.75) is 71.1 Å². The van der Waals surface area contributed by atoms with Crippen LogP contribution in [0, 0.1) is 5.92 Å². The van der Waals surface area contributed by atoms with Crippen molar-refractivity contribution < 1.29 is 36.0 Å². The van der Waals surface area contributed by atoms with Crippen LogP contribution in [0.25, 0.3) is 0 Å². The Hall–Kier alpha value is -2.27. The molecule has 10 heteroatoms. The van der Waals surface area contributed by atoms with Crippen molar-refractivity contribution in [3.8, 4) is 23.0 Å². The van der Waals surface area contributed by atoms with Crippen molar-refractivity contribution >= 4 is 18.4 Å². The number of ether oxygens (including phenoxy) is 4. The largest absolute Gasteiger partial charge is 0.496 e. The minimum absolute atomic E-state index is 0.0956. The van der Waals surface area contributed by atoms with E-state index in [1.807, 2.05) is 43.3 Å². The summed E-state index contributed by atoms with van der Waals surface area (Å²) in [6, 6.07) is 11.4. The summed E-state index contributed by atoms with van der Waals surface area (Å²) in [5.74, 6) is 2.25. The molecule has 1 aliphatic rings. The minimum atomic E-state index is -3.71. The van der Waals surface area contributed by atoms with Crippen molar-refractivity contribution in [1.82, 2.24) is 0 Å². The number of benzene rings is 2. The number of hydrogen-bond acceptors (Lipinski definition) is 8. The summed E-state index contributed by atoms with van der Waals surface area (Å²) < 4.78 is 60.1. The molecular formula is C28H42O8SSi. The van der Waals surface area contributed by atoms with E-state index < -0.39 is 36.7 Å². The molecule has 0 N–H and O–H groups in total. The quantitative estimate of drug-likeness (QED) is 0.225. The van der Waals surface area contributed by atoms with Crippen LogP contribution in [0.4, 0.5) is 0 Å². The van der Waals surface area contributed by atoms with E-state index in [1.54, 1.807) is 14.2 Å². The summed E-state index contributed by atoms with van der Waals surface area (Å²) in [5.41, 5.74) is 1.77. The third-order valence-corrected chi connectivity index (χ3v) is 12.3. The van der Waals surface area contributed by atoms with Gasteiger partial charge in [-0.3, -0.25) is 4.18 Å². The lowest BCUT2D eigenvalue weighted by Gasteiger charge is -2.42. The minimum Gasteiger partial charge on any atom is -0.496 e. The monoisotopic (exact) mass is 566 g/mol. The second-order valence-corrected chi connectivity index (χ2v) is 17.6. The average molecular weight is 567 g/mol. The number of fused-ring (bicyclic) bond motifs is 1. The Kier molecular flexibility index (Phi) is 9.44. The standard InChI is InChI=1S/C28H42O8SSi/c1-10-21-24(31-5)15-19(16-25(21)32-6)27(36-38(8,9)28(2,3)4)20(18-33-37(7,29)30)17-26-34-22-13-11-12-14-23(22)35-26/h11-16,20,26-27H,10,17-18H2,1-9H3. The van der Waals surface area contributed by atoms with Crippen molar-refractivity contribution in [2.24, 2.45) is 5.92 Å². The van der Waals surface area contributed by atoms with E-state index in [0.717, 1.165) is 23.8 Å². The maximum atomic E-state index is 12.1. The van der Waals surface area contributed by atoms with Gasteiger partial charge in [0.25, 0.3) is 10.1 Å². The van der Waals surface area contributed by atoms with Gasteiger partial charge in [-0.05, 0) is 54.4 Å². The van der Waals surface area contributed by atoms with E-state index in [1.165, 1.54) is 0 Å². The van der Waals surface area contributed by atoms with Gasteiger partial charge in [0.05, 0.1) is 33.2 Å². The molecule has 0 aromatic heterocycles. The predicted octanol–water partition coefficient (Wildman–Crippen LogP) is 6.11. The van der Waals surface area contributed by atoms with E-state index in [0.29, 0.717) is 29.4 Å². The average Bonchev–Trinajstić information content (AvgIpc) is 3.25. The molecule has 3 rings (SSSR count). The van der Waals surface area contributed by atoms with Crippen LogP contribution >= 0.6 is 0 Å². The van der Waals surface area contributed by atoms with E-state index >= 15 is 0 Å². The Balaban J connectivity index is 2.09. The van der Waals surface area contributed by atoms with Crippen LogP contribution in [-0.4, -0.2) is 50.1 Å². The first-order valence-corrected chi connectivity index (χ1v) is 17.6. The van der Waals surface area contributed by atoms with Crippen LogP contribution < -0.4 is 18.9 Å². The summed E-state index contributed by atoms with van der Waals surface area (Å²) in [4.78, 5) is 0. The SMILES string of the molecule is CCc1c(OC)cc(C(O[Si](C)(C)C(C)(C)C)C(COS(C)(=O)=O)CC2Oc3ccccc3O2)cc1OC. The molecular weight excluding hydrogens is 524 g/mol. The number of rotatable bonds is 12. The molecule has 0 radical (unpaired) electrons. The fourth-order valence-corrected chi connectivity index (χ4v) is 5.97. The highest BCUT2D eigenvalue weighted by Crippen LogP contribution is 2.46.